The predicted octanol–water partition coefficient (Wildman–Crippen LogP) is 7.15. The minimum Gasteiger partial charge on any atom is -0.493 e. The number of likely N-dealkylation sites (tertiary alicyclic amines) is 1. The van der Waals surface area contributed by atoms with Crippen LogP contribution in [0.15, 0.2) is 72.8 Å². The van der Waals surface area contributed by atoms with Crippen LogP contribution in [0.5, 0.6) is 5.75 Å². The van der Waals surface area contributed by atoms with E-state index in [1.807, 2.05) is 72.5 Å². The highest BCUT2D eigenvalue weighted by atomic mass is 16.5. The van der Waals surface area contributed by atoms with Gasteiger partial charge in [-0.15, -0.1) is 0 Å². The largest absolute Gasteiger partial charge is 0.493 e. The molecule has 2 aliphatic heterocycles. The van der Waals surface area contributed by atoms with Crippen LogP contribution in [0.1, 0.15) is 66.4 Å². The molecule has 0 aliphatic carbocycles. The smallest absolute Gasteiger partial charge is 0.324 e. The number of rotatable bonds is 6. The fraction of sp³-hybridized carbons (Fsp3) is 0.361. The topological polar surface area (TPSA) is 88.5 Å². The van der Waals surface area contributed by atoms with Crippen LogP contribution >= 0.6 is 0 Å². The summed E-state index contributed by atoms with van der Waals surface area (Å²) in [5.74, 6) is 2.15. The van der Waals surface area contributed by atoms with Crippen molar-refractivity contribution < 1.29 is 14.3 Å². The van der Waals surface area contributed by atoms with Crippen molar-refractivity contribution in [1.29, 1.82) is 0 Å². The zero-order valence-electron chi connectivity index (χ0n) is 26.0. The van der Waals surface area contributed by atoms with E-state index in [1.165, 1.54) is 5.56 Å². The van der Waals surface area contributed by atoms with Crippen LogP contribution in [-0.4, -0.2) is 46.3 Å². The van der Waals surface area contributed by atoms with E-state index in [1.54, 1.807) is 4.68 Å². The molecule has 3 aromatic carbocycles. The maximum absolute atomic E-state index is 13.1. The average molecular weight is 592 g/mol. The first-order valence-electron chi connectivity index (χ1n) is 15.5. The maximum atomic E-state index is 13.1. The molecule has 44 heavy (non-hydrogen) atoms. The molecule has 0 unspecified atom stereocenters. The van der Waals surface area contributed by atoms with Crippen molar-refractivity contribution in [2.75, 3.05) is 30.3 Å². The number of carbonyl (C=O) groups excluding carboxylic acids is 2. The van der Waals surface area contributed by atoms with Gasteiger partial charge in [-0.2, -0.15) is 5.10 Å². The van der Waals surface area contributed by atoms with Crippen LogP contribution < -0.4 is 15.4 Å². The predicted molar refractivity (Wildman–Crippen MR) is 174 cm³/mol. The molecule has 3 heterocycles. The number of urea groups is 1. The average Bonchev–Trinajstić information content (AvgIpc) is 3.66. The Morgan fingerprint density at radius 2 is 1.66 bits per heavy atom. The number of benzene rings is 3. The molecule has 2 aliphatic rings. The normalized spacial score (nSPS) is 15.0. The number of hydrogen-bond donors (Lipinski definition) is 2. The quantitative estimate of drug-likeness (QED) is 0.249. The van der Waals surface area contributed by atoms with E-state index in [9.17, 15) is 9.59 Å². The van der Waals surface area contributed by atoms with Crippen LogP contribution in [0.4, 0.5) is 16.3 Å². The lowest BCUT2D eigenvalue weighted by Crippen LogP contribution is -2.38. The summed E-state index contributed by atoms with van der Waals surface area (Å²) in [4.78, 5) is 28.1. The van der Waals surface area contributed by atoms with Crippen molar-refractivity contribution in [3.05, 3.63) is 101 Å². The van der Waals surface area contributed by atoms with Gasteiger partial charge in [0.25, 0.3) is 5.91 Å². The summed E-state index contributed by atoms with van der Waals surface area (Å²) in [6.45, 7) is 10.6. The fourth-order valence-corrected chi connectivity index (χ4v) is 5.90. The second-order valence-corrected chi connectivity index (χ2v) is 13.0. The van der Waals surface area contributed by atoms with E-state index < -0.39 is 0 Å². The number of fused-ring (bicyclic) bond motifs is 1. The molecule has 1 saturated heterocycles. The number of piperidine rings is 1. The standard InChI is InChI=1S/C36H41N5O3/c1-24-5-12-30(13-6-24)41-33(23-32(39-41)36(2,3)4)38-35(43)37-29-10-7-25(8-11-29)21-26-15-18-40(19-16-26)34(42)28-9-14-31-27(22-28)17-20-44-31/h5-14,22-23,26H,15-21H2,1-4H3,(H2,37,38,43). The second kappa shape index (κ2) is 12.2. The minimum atomic E-state index is -0.320. The van der Waals surface area contributed by atoms with Gasteiger partial charge in [-0.05, 0) is 85.7 Å². The van der Waals surface area contributed by atoms with E-state index in [0.29, 0.717) is 18.3 Å². The molecule has 1 fully saturated rings. The Hall–Kier alpha value is -4.59. The van der Waals surface area contributed by atoms with Crippen LogP contribution in [-0.2, 0) is 18.3 Å². The first-order chi connectivity index (χ1) is 21.1. The Bertz CT molecular complexity index is 1640. The Labute approximate surface area is 259 Å². The summed E-state index contributed by atoms with van der Waals surface area (Å²) in [6.07, 6.45) is 3.78. The van der Waals surface area contributed by atoms with Crippen LogP contribution in [0.2, 0.25) is 0 Å². The first kappa shape index (κ1) is 29.5. The maximum Gasteiger partial charge on any atom is 0.324 e. The lowest BCUT2D eigenvalue weighted by molar-refractivity contribution is 0.0690. The van der Waals surface area contributed by atoms with Crippen molar-refractivity contribution in [2.24, 2.45) is 5.92 Å². The highest BCUT2D eigenvalue weighted by Crippen LogP contribution is 2.29. The number of ether oxygens (including phenoxy) is 1. The molecule has 1 aromatic heterocycles. The van der Waals surface area contributed by atoms with Crippen LogP contribution in [0.25, 0.3) is 5.69 Å². The molecule has 8 nitrogen and oxygen atoms in total. The highest BCUT2D eigenvalue weighted by Gasteiger charge is 2.25. The molecular weight excluding hydrogens is 550 g/mol. The van der Waals surface area contributed by atoms with Gasteiger partial charge in [0, 0.05) is 42.2 Å². The number of aromatic nitrogens is 2. The Morgan fingerprint density at radius 1 is 0.932 bits per heavy atom. The Kier molecular flexibility index (Phi) is 8.17. The van der Waals surface area contributed by atoms with Crippen molar-refractivity contribution in [3.63, 3.8) is 0 Å². The number of nitrogens with one attached hydrogen (secondary N) is 2. The third-order valence-corrected chi connectivity index (χ3v) is 8.57. The third-order valence-electron chi connectivity index (χ3n) is 8.57. The molecular formula is C36H41N5O3. The van der Waals surface area contributed by atoms with Gasteiger partial charge >= 0.3 is 6.03 Å². The van der Waals surface area contributed by atoms with Crippen molar-refractivity contribution in [3.8, 4) is 11.4 Å². The minimum absolute atomic E-state index is 0.114. The van der Waals surface area contributed by atoms with Crippen LogP contribution in [0, 0.1) is 12.8 Å². The monoisotopic (exact) mass is 591 g/mol. The Morgan fingerprint density at radius 3 is 2.36 bits per heavy atom. The lowest BCUT2D eigenvalue weighted by atomic mass is 9.90. The van der Waals surface area contributed by atoms with Crippen molar-refractivity contribution in [2.45, 2.75) is 58.8 Å². The van der Waals surface area contributed by atoms with Gasteiger partial charge < -0.3 is 15.0 Å². The Balaban J connectivity index is 1.02. The zero-order chi connectivity index (χ0) is 30.8. The summed E-state index contributed by atoms with van der Waals surface area (Å²) in [6, 6.07) is 23.5. The molecule has 3 amide bonds. The number of hydrogen-bond acceptors (Lipinski definition) is 4. The molecule has 4 aromatic rings. The zero-order valence-corrected chi connectivity index (χ0v) is 26.0. The fourth-order valence-electron chi connectivity index (χ4n) is 5.90. The summed E-state index contributed by atoms with van der Waals surface area (Å²) in [5, 5.41) is 10.8. The molecule has 0 bridgehead atoms. The van der Waals surface area contributed by atoms with Gasteiger partial charge in [0.1, 0.15) is 11.6 Å². The molecule has 0 saturated carbocycles. The molecule has 2 N–H and O–H groups in total. The van der Waals surface area contributed by atoms with E-state index >= 15 is 0 Å². The summed E-state index contributed by atoms with van der Waals surface area (Å²) >= 11 is 0. The van der Waals surface area contributed by atoms with Gasteiger partial charge in [-0.3, -0.25) is 10.1 Å². The van der Waals surface area contributed by atoms with E-state index in [-0.39, 0.29) is 17.4 Å². The molecule has 6 rings (SSSR count). The molecule has 8 heteroatoms. The molecule has 0 atom stereocenters. The van der Waals surface area contributed by atoms with Gasteiger partial charge in [0.15, 0.2) is 0 Å². The van der Waals surface area contributed by atoms with Gasteiger partial charge in [0.2, 0.25) is 0 Å². The number of aryl methyl sites for hydroxylation is 1. The number of anilines is 2. The van der Waals surface area contributed by atoms with E-state index in [4.69, 9.17) is 9.84 Å². The van der Waals surface area contributed by atoms with E-state index in [2.05, 4.69) is 43.5 Å². The summed E-state index contributed by atoms with van der Waals surface area (Å²) in [5.41, 5.74) is 6.62. The molecule has 0 radical (unpaired) electrons. The van der Waals surface area contributed by atoms with Crippen molar-refractivity contribution >= 4 is 23.4 Å². The number of carbonyl (C=O) groups is 2. The second-order valence-electron chi connectivity index (χ2n) is 13.0. The third kappa shape index (κ3) is 6.64. The van der Waals surface area contributed by atoms with Crippen LogP contribution in [0.3, 0.4) is 0 Å². The molecule has 228 valence electrons. The summed E-state index contributed by atoms with van der Waals surface area (Å²) < 4.78 is 7.36. The summed E-state index contributed by atoms with van der Waals surface area (Å²) in [7, 11) is 0. The van der Waals surface area contributed by atoms with Gasteiger partial charge in [-0.25, -0.2) is 9.48 Å². The SMILES string of the molecule is Cc1ccc(-n2nc(C(C)(C)C)cc2NC(=O)Nc2ccc(CC3CCN(C(=O)c4ccc5c(c4)CCO5)CC3)cc2)cc1. The highest BCUT2D eigenvalue weighted by molar-refractivity contribution is 5.99. The van der Waals surface area contributed by atoms with Crippen molar-refractivity contribution in [1.82, 2.24) is 14.7 Å². The van der Waals surface area contributed by atoms with Gasteiger partial charge in [0.05, 0.1) is 18.0 Å². The number of amides is 3. The van der Waals surface area contributed by atoms with Gasteiger partial charge in [-0.1, -0.05) is 50.6 Å². The first-order valence-corrected chi connectivity index (χ1v) is 15.5. The molecule has 0 spiro atoms. The van der Waals surface area contributed by atoms with E-state index in [0.717, 1.165) is 78.3 Å². The lowest BCUT2D eigenvalue weighted by Gasteiger charge is -2.32. The number of nitrogens with zero attached hydrogens (tertiary/aromatic N) is 3.